The number of rotatable bonds is 5. The van der Waals surface area contributed by atoms with Gasteiger partial charge in [0.2, 0.25) is 0 Å². The van der Waals surface area contributed by atoms with E-state index in [-0.39, 0.29) is 6.61 Å². The molecule has 84 valence electrons. The van der Waals surface area contributed by atoms with Crippen molar-refractivity contribution >= 4 is 15.9 Å². The van der Waals surface area contributed by atoms with Crippen molar-refractivity contribution in [3.63, 3.8) is 0 Å². The predicted molar refractivity (Wildman–Crippen MR) is 63.6 cm³/mol. The lowest BCUT2D eigenvalue weighted by Gasteiger charge is -2.19. The lowest BCUT2D eigenvalue weighted by Crippen LogP contribution is -2.31. The van der Waals surface area contributed by atoms with Crippen molar-refractivity contribution in [3.05, 3.63) is 34.3 Å². The second kappa shape index (κ2) is 6.23. The van der Waals surface area contributed by atoms with E-state index in [1.54, 1.807) is 0 Å². The molecule has 0 saturated heterocycles. The van der Waals surface area contributed by atoms with Crippen LogP contribution in [0.15, 0.2) is 28.7 Å². The minimum absolute atomic E-state index is 0.194. The minimum Gasteiger partial charge on any atom is -0.394 e. The lowest BCUT2D eigenvalue weighted by molar-refractivity contribution is 0.0647. The van der Waals surface area contributed by atoms with E-state index in [9.17, 15) is 5.11 Å². The Labute approximate surface area is 98.5 Å². The summed E-state index contributed by atoms with van der Waals surface area (Å²) in [5, 5.41) is 18.0. The number of likely N-dealkylation sites (N-methyl/N-ethyl adjacent to an activating group) is 1. The third-order valence-electron chi connectivity index (χ3n) is 2.13. The Balaban J connectivity index is 2.51. The van der Waals surface area contributed by atoms with E-state index < -0.39 is 6.10 Å². The highest BCUT2D eigenvalue weighted by atomic mass is 79.9. The van der Waals surface area contributed by atoms with Crippen LogP contribution in [-0.4, -0.2) is 41.4 Å². The summed E-state index contributed by atoms with van der Waals surface area (Å²) in [6, 6.07) is 7.98. The Morgan fingerprint density at radius 1 is 1.40 bits per heavy atom. The van der Waals surface area contributed by atoms with Gasteiger partial charge in [-0.2, -0.15) is 0 Å². The number of hydrogen-bond acceptors (Lipinski definition) is 3. The van der Waals surface area contributed by atoms with Crippen molar-refractivity contribution in [2.24, 2.45) is 0 Å². The maximum Gasteiger partial charge on any atom is 0.0897 e. The molecule has 1 unspecified atom stereocenters. The molecule has 0 bridgehead atoms. The van der Waals surface area contributed by atoms with E-state index in [4.69, 9.17) is 5.11 Å². The molecule has 4 heteroatoms. The van der Waals surface area contributed by atoms with Crippen molar-refractivity contribution in [1.82, 2.24) is 4.90 Å². The maximum absolute atomic E-state index is 9.27. The van der Waals surface area contributed by atoms with Crippen LogP contribution < -0.4 is 0 Å². The lowest BCUT2D eigenvalue weighted by atomic mass is 10.2. The number of aliphatic hydroxyl groups excluding tert-OH is 2. The highest BCUT2D eigenvalue weighted by molar-refractivity contribution is 9.10. The molecule has 1 atom stereocenters. The van der Waals surface area contributed by atoms with Crippen LogP contribution in [0.2, 0.25) is 0 Å². The third-order valence-corrected chi connectivity index (χ3v) is 2.90. The van der Waals surface area contributed by atoms with Crippen molar-refractivity contribution in [1.29, 1.82) is 0 Å². The van der Waals surface area contributed by atoms with Gasteiger partial charge in [-0.3, -0.25) is 4.90 Å². The van der Waals surface area contributed by atoms with E-state index in [2.05, 4.69) is 15.9 Å². The maximum atomic E-state index is 9.27. The van der Waals surface area contributed by atoms with Gasteiger partial charge in [0.15, 0.2) is 0 Å². The first-order valence-electron chi connectivity index (χ1n) is 4.84. The summed E-state index contributed by atoms with van der Waals surface area (Å²) in [7, 11) is 1.92. The number of hydrogen-bond donors (Lipinski definition) is 2. The summed E-state index contributed by atoms with van der Waals surface area (Å²) in [5.41, 5.74) is 1.17. The highest BCUT2D eigenvalue weighted by Gasteiger charge is 2.08. The average Bonchev–Trinajstić information content (AvgIpc) is 2.21. The van der Waals surface area contributed by atoms with Crippen molar-refractivity contribution in [2.45, 2.75) is 12.6 Å². The molecule has 0 aliphatic carbocycles. The van der Waals surface area contributed by atoms with Crippen molar-refractivity contribution < 1.29 is 10.2 Å². The van der Waals surface area contributed by atoms with Crippen LogP contribution in [0, 0.1) is 0 Å². The van der Waals surface area contributed by atoms with Crippen LogP contribution in [-0.2, 0) is 6.54 Å². The smallest absolute Gasteiger partial charge is 0.0897 e. The first-order chi connectivity index (χ1) is 7.13. The molecule has 1 aromatic rings. The summed E-state index contributed by atoms with van der Waals surface area (Å²) >= 11 is 3.47. The van der Waals surface area contributed by atoms with E-state index in [1.807, 2.05) is 36.2 Å². The van der Waals surface area contributed by atoms with Gasteiger partial charge in [-0.1, -0.05) is 34.1 Å². The Kier molecular flexibility index (Phi) is 5.25. The third kappa shape index (κ3) is 4.30. The Bertz CT molecular complexity index is 306. The summed E-state index contributed by atoms with van der Waals surface area (Å²) < 4.78 is 1.07. The van der Waals surface area contributed by atoms with Gasteiger partial charge in [0.25, 0.3) is 0 Å². The molecule has 0 aliphatic heterocycles. The first-order valence-corrected chi connectivity index (χ1v) is 5.63. The van der Waals surface area contributed by atoms with Gasteiger partial charge in [-0.05, 0) is 18.7 Å². The van der Waals surface area contributed by atoms with Crippen LogP contribution in [0.5, 0.6) is 0 Å². The van der Waals surface area contributed by atoms with E-state index in [0.717, 1.165) is 11.0 Å². The molecule has 0 aromatic heterocycles. The molecule has 0 radical (unpaired) electrons. The summed E-state index contributed by atoms with van der Waals surface area (Å²) in [6.07, 6.45) is -0.669. The zero-order chi connectivity index (χ0) is 11.3. The minimum atomic E-state index is -0.669. The fraction of sp³-hybridized carbons (Fsp3) is 0.455. The number of aliphatic hydroxyl groups is 2. The van der Waals surface area contributed by atoms with Gasteiger partial charge in [-0.15, -0.1) is 0 Å². The zero-order valence-electron chi connectivity index (χ0n) is 8.73. The SMILES string of the molecule is CN(Cc1ccccc1Br)CC(O)CO. The van der Waals surface area contributed by atoms with Crippen LogP contribution in [0.1, 0.15) is 5.56 Å². The highest BCUT2D eigenvalue weighted by Crippen LogP contribution is 2.17. The molecule has 15 heavy (non-hydrogen) atoms. The molecule has 0 aliphatic rings. The van der Waals surface area contributed by atoms with Crippen LogP contribution in [0.25, 0.3) is 0 Å². The van der Waals surface area contributed by atoms with Gasteiger partial charge in [0.05, 0.1) is 12.7 Å². The fourth-order valence-corrected chi connectivity index (χ4v) is 1.81. The monoisotopic (exact) mass is 273 g/mol. The van der Waals surface area contributed by atoms with Gasteiger partial charge >= 0.3 is 0 Å². The zero-order valence-corrected chi connectivity index (χ0v) is 10.3. The summed E-state index contributed by atoms with van der Waals surface area (Å²) in [6.45, 7) is 1.02. The largest absolute Gasteiger partial charge is 0.394 e. The topological polar surface area (TPSA) is 43.7 Å². The number of nitrogens with zero attached hydrogens (tertiary/aromatic N) is 1. The van der Waals surface area contributed by atoms with Crippen LogP contribution in [0.3, 0.4) is 0 Å². The molecule has 3 nitrogen and oxygen atoms in total. The summed E-state index contributed by atoms with van der Waals surface area (Å²) in [4.78, 5) is 1.97. The second-order valence-electron chi connectivity index (χ2n) is 3.62. The summed E-state index contributed by atoms with van der Waals surface area (Å²) in [5.74, 6) is 0. The quantitative estimate of drug-likeness (QED) is 0.849. The predicted octanol–water partition coefficient (Wildman–Crippen LogP) is 1.23. The molecule has 1 aromatic carbocycles. The van der Waals surface area contributed by atoms with E-state index in [0.29, 0.717) is 6.54 Å². The second-order valence-corrected chi connectivity index (χ2v) is 4.48. The van der Waals surface area contributed by atoms with Gasteiger partial charge in [-0.25, -0.2) is 0 Å². The standard InChI is InChI=1S/C11H16BrNO2/c1-13(7-10(15)8-14)6-9-4-2-3-5-11(9)12/h2-5,10,14-15H,6-8H2,1H3. The Morgan fingerprint density at radius 3 is 2.67 bits per heavy atom. The normalized spacial score (nSPS) is 13.1. The van der Waals surface area contributed by atoms with Crippen LogP contribution in [0.4, 0.5) is 0 Å². The molecular formula is C11H16BrNO2. The molecule has 0 spiro atoms. The number of halogens is 1. The van der Waals surface area contributed by atoms with Gasteiger partial charge in [0, 0.05) is 17.6 Å². The molecule has 0 saturated carbocycles. The molecule has 0 fully saturated rings. The first kappa shape index (κ1) is 12.6. The van der Waals surface area contributed by atoms with Crippen molar-refractivity contribution in [2.75, 3.05) is 20.2 Å². The molecule has 0 heterocycles. The molecule has 0 amide bonds. The average molecular weight is 274 g/mol. The molecule has 1 rings (SSSR count). The number of benzene rings is 1. The Morgan fingerprint density at radius 2 is 2.07 bits per heavy atom. The fourth-order valence-electron chi connectivity index (χ4n) is 1.40. The van der Waals surface area contributed by atoms with E-state index in [1.165, 1.54) is 5.56 Å². The molecular weight excluding hydrogens is 258 g/mol. The van der Waals surface area contributed by atoms with Crippen molar-refractivity contribution in [3.8, 4) is 0 Å². The molecule has 2 N–H and O–H groups in total. The van der Waals surface area contributed by atoms with Crippen LogP contribution >= 0.6 is 15.9 Å². The Hall–Kier alpha value is -0.420. The van der Waals surface area contributed by atoms with E-state index >= 15 is 0 Å². The van der Waals surface area contributed by atoms with Gasteiger partial charge in [0.1, 0.15) is 0 Å². The van der Waals surface area contributed by atoms with Gasteiger partial charge < -0.3 is 10.2 Å².